The van der Waals surface area contributed by atoms with Gasteiger partial charge in [-0.1, -0.05) is 78.9 Å². The lowest BCUT2D eigenvalue weighted by Crippen LogP contribution is -2.00. The fourth-order valence-electron chi connectivity index (χ4n) is 7.34. The second-order valence-corrected chi connectivity index (χ2v) is 12.3. The Hall–Kier alpha value is -7.39. The topological polar surface area (TPSA) is 61.8 Å². The Labute approximate surface area is 288 Å². The Bertz CT molecular complexity index is 2850. The molecule has 0 saturated heterocycles. The van der Waals surface area contributed by atoms with Crippen LogP contribution in [-0.2, 0) is 0 Å². The van der Waals surface area contributed by atoms with Crippen molar-refractivity contribution >= 4 is 49.3 Å². The lowest BCUT2D eigenvalue weighted by molar-refractivity contribution is 1.13. The molecule has 7 aromatic carbocycles. The van der Waals surface area contributed by atoms with Gasteiger partial charge in [0.1, 0.15) is 0 Å². The maximum Gasteiger partial charge on any atom is 0.194 e. The molecular weight excluding hydrogens is 611 g/mol. The van der Waals surface area contributed by atoms with Gasteiger partial charge in [-0.15, -0.1) is 0 Å². The molecule has 0 amide bonds. The van der Waals surface area contributed by atoms with Crippen molar-refractivity contribution in [2.24, 2.45) is 0 Å². The van der Waals surface area contributed by atoms with E-state index in [9.17, 15) is 10.5 Å². The number of benzene rings is 7. The van der Waals surface area contributed by atoms with E-state index in [1.807, 2.05) is 66.7 Å². The summed E-state index contributed by atoms with van der Waals surface area (Å²) in [5, 5.41) is 23.7. The number of hydrogen-bond acceptors (Lipinski definition) is 2. The lowest BCUT2D eigenvalue weighted by Gasteiger charge is -2.16. The van der Waals surface area contributed by atoms with E-state index < -0.39 is 0 Å². The predicted octanol–water partition coefficient (Wildman–Crippen LogP) is 11.5. The van der Waals surface area contributed by atoms with E-state index in [1.165, 1.54) is 10.8 Å². The highest BCUT2D eigenvalue weighted by Gasteiger charge is 2.18. The molecule has 5 nitrogen and oxygen atoms in total. The zero-order chi connectivity index (χ0) is 33.8. The van der Waals surface area contributed by atoms with Gasteiger partial charge in [0.05, 0.1) is 51.9 Å². The first-order chi connectivity index (χ1) is 24.6. The molecule has 0 fully saturated rings. The first-order valence-electron chi connectivity index (χ1n) is 16.2. The molecule has 0 saturated carbocycles. The predicted molar refractivity (Wildman–Crippen MR) is 202 cm³/mol. The SMILES string of the molecule is [C-]#[N+]c1ccccc1-c1cccc(-c2cc(-n3c4ccccc4c4ccccc43)cc(-n3c4ccc(C#N)cc4c4cc(C#N)ccc43)c2)c1. The van der Waals surface area contributed by atoms with E-state index in [0.29, 0.717) is 16.8 Å². The van der Waals surface area contributed by atoms with Crippen molar-refractivity contribution in [2.75, 3.05) is 0 Å². The van der Waals surface area contributed by atoms with Gasteiger partial charge in [0.25, 0.3) is 0 Å². The third kappa shape index (κ3) is 4.45. The van der Waals surface area contributed by atoms with Gasteiger partial charge >= 0.3 is 0 Å². The molecule has 0 unspecified atom stereocenters. The van der Waals surface area contributed by atoms with Gasteiger partial charge < -0.3 is 9.13 Å². The molecule has 2 aromatic heterocycles. The van der Waals surface area contributed by atoms with E-state index in [1.54, 1.807) is 0 Å². The maximum atomic E-state index is 9.78. The minimum Gasteiger partial charge on any atom is -0.309 e. The van der Waals surface area contributed by atoms with Gasteiger partial charge in [-0.25, -0.2) is 4.85 Å². The number of rotatable bonds is 4. The van der Waals surface area contributed by atoms with Crippen molar-refractivity contribution in [3.05, 3.63) is 174 Å². The summed E-state index contributed by atoms with van der Waals surface area (Å²) in [5.74, 6) is 0. The van der Waals surface area contributed by atoms with Crippen LogP contribution in [0.25, 0.3) is 82.1 Å². The Morgan fingerprint density at radius 2 is 0.960 bits per heavy atom. The van der Waals surface area contributed by atoms with Crippen LogP contribution in [0.15, 0.2) is 152 Å². The Balaban J connectivity index is 1.38. The molecule has 0 bridgehead atoms. The third-order valence-electron chi connectivity index (χ3n) is 9.55. The number of nitriles is 2. The molecule has 50 heavy (non-hydrogen) atoms. The molecule has 0 spiro atoms. The van der Waals surface area contributed by atoms with Crippen LogP contribution in [0.3, 0.4) is 0 Å². The molecule has 0 atom stereocenters. The van der Waals surface area contributed by atoms with Crippen LogP contribution in [0.1, 0.15) is 11.1 Å². The standard InChI is InChI=1S/C45H25N5/c1-48-41-14-5-2-11-36(41)32-10-8-9-31(23-32)33-24-34(49-42-15-6-3-12-37(42)38-13-4-7-16-43(38)49)26-35(25-33)50-44-19-17-29(27-46)21-39(44)40-22-30(28-47)18-20-45(40)50/h2-26H. The summed E-state index contributed by atoms with van der Waals surface area (Å²) in [6.07, 6.45) is 0. The van der Waals surface area contributed by atoms with E-state index in [0.717, 1.165) is 66.5 Å². The second-order valence-electron chi connectivity index (χ2n) is 12.3. The first-order valence-corrected chi connectivity index (χ1v) is 16.2. The van der Waals surface area contributed by atoms with Gasteiger partial charge in [0.15, 0.2) is 5.69 Å². The van der Waals surface area contributed by atoms with Crippen LogP contribution in [0.4, 0.5) is 5.69 Å². The summed E-state index contributed by atoms with van der Waals surface area (Å²) in [5.41, 5.74) is 11.7. The molecule has 9 aromatic rings. The highest BCUT2D eigenvalue weighted by atomic mass is 15.0. The number of fused-ring (bicyclic) bond motifs is 6. The van der Waals surface area contributed by atoms with Crippen molar-refractivity contribution < 1.29 is 0 Å². The fourth-order valence-corrected chi connectivity index (χ4v) is 7.34. The summed E-state index contributed by atoms with van der Waals surface area (Å²) >= 11 is 0. The summed E-state index contributed by atoms with van der Waals surface area (Å²) in [4.78, 5) is 3.79. The zero-order valence-electron chi connectivity index (χ0n) is 26.7. The molecule has 9 rings (SSSR count). The number of nitrogens with zero attached hydrogens (tertiary/aromatic N) is 5. The van der Waals surface area contributed by atoms with E-state index in [-0.39, 0.29) is 0 Å². The number of hydrogen-bond donors (Lipinski definition) is 0. The second kappa shape index (κ2) is 11.4. The Kier molecular flexibility index (Phi) is 6.56. The quantitative estimate of drug-likeness (QED) is 0.181. The molecule has 5 heteroatoms. The van der Waals surface area contributed by atoms with Crippen molar-refractivity contribution in [1.29, 1.82) is 10.5 Å². The van der Waals surface area contributed by atoms with Gasteiger partial charge in [0, 0.05) is 32.9 Å². The van der Waals surface area contributed by atoms with Gasteiger partial charge in [-0.05, 0) is 95.1 Å². The summed E-state index contributed by atoms with van der Waals surface area (Å²) in [6, 6.07) is 55.8. The summed E-state index contributed by atoms with van der Waals surface area (Å²) in [6.45, 7) is 7.77. The van der Waals surface area contributed by atoms with Crippen LogP contribution >= 0.6 is 0 Å². The Morgan fingerprint density at radius 3 is 1.54 bits per heavy atom. The number of para-hydroxylation sites is 3. The number of aromatic nitrogens is 2. The fraction of sp³-hybridized carbons (Fsp3) is 0. The molecule has 2 heterocycles. The summed E-state index contributed by atoms with van der Waals surface area (Å²) < 4.78 is 4.55. The van der Waals surface area contributed by atoms with Gasteiger partial charge in [-0.3, -0.25) is 0 Å². The monoisotopic (exact) mass is 635 g/mol. The minimum atomic E-state index is 0.565. The van der Waals surface area contributed by atoms with Crippen molar-refractivity contribution in [1.82, 2.24) is 9.13 Å². The lowest BCUT2D eigenvalue weighted by atomic mass is 9.97. The van der Waals surface area contributed by atoms with Crippen LogP contribution in [-0.4, -0.2) is 9.13 Å². The van der Waals surface area contributed by atoms with Crippen LogP contribution in [0.5, 0.6) is 0 Å². The minimum absolute atomic E-state index is 0.565. The van der Waals surface area contributed by atoms with Crippen LogP contribution in [0, 0.1) is 29.2 Å². The third-order valence-corrected chi connectivity index (χ3v) is 9.55. The Morgan fingerprint density at radius 1 is 0.440 bits per heavy atom. The van der Waals surface area contributed by atoms with Crippen LogP contribution in [0.2, 0.25) is 0 Å². The first kappa shape index (κ1) is 28.8. The maximum absolute atomic E-state index is 9.78. The van der Waals surface area contributed by atoms with Crippen molar-refractivity contribution in [3.8, 4) is 45.8 Å². The molecule has 0 radical (unpaired) electrons. The zero-order valence-corrected chi connectivity index (χ0v) is 26.7. The van der Waals surface area contributed by atoms with Crippen molar-refractivity contribution in [3.63, 3.8) is 0 Å². The summed E-state index contributed by atoms with van der Waals surface area (Å²) in [7, 11) is 0. The molecule has 0 aliphatic heterocycles. The van der Waals surface area contributed by atoms with E-state index >= 15 is 0 Å². The van der Waals surface area contributed by atoms with Gasteiger partial charge in [-0.2, -0.15) is 10.5 Å². The van der Waals surface area contributed by atoms with Crippen molar-refractivity contribution in [2.45, 2.75) is 0 Å². The van der Waals surface area contributed by atoms with E-state index in [2.05, 4.69) is 111 Å². The van der Waals surface area contributed by atoms with Gasteiger partial charge in [0.2, 0.25) is 0 Å². The molecule has 0 N–H and O–H groups in total. The smallest absolute Gasteiger partial charge is 0.194 e. The normalized spacial score (nSPS) is 11.1. The van der Waals surface area contributed by atoms with E-state index in [4.69, 9.17) is 6.57 Å². The highest BCUT2D eigenvalue weighted by molar-refractivity contribution is 6.11. The highest BCUT2D eigenvalue weighted by Crippen LogP contribution is 2.39. The average Bonchev–Trinajstić information content (AvgIpc) is 3.70. The molecule has 0 aliphatic carbocycles. The molecular formula is C45H25N5. The molecule has 230 valence electrons. The van der Waals surface area contributed by atoms with Crippen LogP contribution < -0.4 is 0 Å². The average molecular weight is 636 g/mol. The molecule has 0 aliphatic rings. The largest absolute Gasteiger partial charge is 0.309 e.